The third-order valence-electron chi connectivity index (χ3n) is 0.751. The monoisotopic (exact) mass is 284 g/mol. The predicted molar refractivity (Wildman–Crippen MR) is 28.5 cm³/mol. The number of carbonyl (C=O) groups is 1. The van der Waals surface area contributed by atoms with Crippen molar-refractivity contribution < 1.29 is 70.2 Å². The van der Waals surface area contributed by atoms with Crippen LogP contribution in [0.15, 0.2) is 18.5 Å². The van der Waals surface area contributed by atoms with Crippen molar-refractivity contribution >= 4 is 6.29 Å². The molecule has 1 rings (SSSR count). The molecule has 1 heterocycles. The maximum absolute atomic E-state index is 9.94. The van der Waals surface area contributed by atoms with Crippen molar-refractivity contribution in [2.45, 2.75) is 0 Å². The fourth-order valence-corrected chi connectivity index (χ4v) is 0.402. The van der Waals surface area contributed by atoms with Gasteiger partial charge in [-0.15, -0.1) is 12.1 Å². The van der Waals surface area contributed by atoms with Crippen molar-refractivity contribution in [3.63, 3.8) is 0 Å². The van der Waals surface area contributed by atoms with Crippen LogP contribution in [-0.4, -0.2) is 11.3 Å². The number of rotatable bonds is 1. The van der Waals surface area contributed by atoms with Crippen molar-refractivity contribution in [2.75, 3.05) is 0 Å². The van der Waals surface area contributed by atoms with Crippen LogP contribution in [0.5, 0.6) is 0 Å². The molecule has 0 N–H and O–H groups in total. The Balaban J connectivity index is 0. The fraction of sp³-hybridized carbons (Fsp3) is 0. The Labute approximate surface area is 110 Å². The van der Waals surface area contributed by atoms with Crippen LogP contribution in [0.25, 0.3) is 0 Å². The number of aldehydes is 1. The largest absolute Gasteiger partial charge is 0.360 e. The summed E-state index contributed by atoms with van der Waals surface area (Å²) < 4.78 is 0. The molecule has 0 aliphatic rings. The third kappa shape index (κ3) is 4.78. The van der Waals surface area contributed by atoms with Gasteiger partial charge in [-0.1, -0.05) is 18.0 Å². The van der Waals surface area contributed by atoms with Gasteiger partial charge >= 0.3 is 0 Å². The molecule has 0 unspecified atom stereocenters. The molecule has 0 aliphatic carbocycles. The molecule has 0 aromatic carbocycles. The Kier molecular flexibility index (Phi) is 11.1. The van der Waals surface area contributed by atoms with Crippen LogP contribution in [0, 0.1) is 6.07 Å². The molecule has 0 spiro atoms. The molecule has 0 saturated heterocycles. The summed E-state index contributed by atoms with van der Waals surface area (Å²) in [5.74, 6) is 0. The summed E-state index contributed by atoms with van der Waals surface area (Å²) >= 11 is 0. The van der Waals surface area contributed by atoms with Crippen LogP contribution in [-0.2, 0) is 65.4 Å². The molecule has 0 aliphatic heterocycles. The summed E-state index contributed by atoms with van der Waals surface area (Å²) in [4.78, 5) is 13.6. The molecular formula is C6H4NOY2-. The van der Waals surface area contributed by atoms with Crippen LogP contribution in [0.1, 0.15) is 10.4 Å². The zero-order valence-electron chi connectivity index (χ0n) is 5.32. The van der Waals surface area contributed by atoms with Gasteiger partial charge in [-0.2, -0.15) is 0 Å². The number of aromatic nitrogens is 1. The van der Waals surface area contributed by atoms with E-state index in [1.54, 1.807) is 12.3 Å². The van der Waals surface area contributed by atoms with Crippen LogP contribution < -0.4 is 0 Å². The molecule has 0 saturated carbocycles. The second kappa shape index (κ2) is 8.13. The average molecular weight is 284 g/mol. The van der Waals surface area contributed by atoms with Crippen LogP contribution in [0.3, 0.4) is 0 Å². The molecule has 10 heavy (non-hydrogen) atoms. The van der Waals surface area contributed by atoms with E-state index in [0.29, 0.717) is 11.8 Å². The van der Waals surface area contributed by atoms with Gasteiger partial charge in [0.2, 0.25) is 0 Å². The first kappa shape index (κ1) is 13.6. The minimum Gasteiger partial charge on any atom is -0.360 e. The number of hydrogen-bond acceptors (Lipinski definition) is 2. The van der Waals surface area contributed by atoms with E-state index in [1.807, 2.05) is 0 Å². The van der Waals surface area contributed by atoms with Gasteiger partial charge in [-0.25, -0.2) is 0 Å². The first-order valence-electron chi connectivity index (χ1n) is 2.20. The van der Waals surface area contributed by atoms with E-state index < -0.39 is 0 Å². The summed E-state index contributed by atoms with van der Waals surface area (Å²) in [5.41, 5.74) is 0.493. The van der Waals surface area contributed by atoms with E-state index in [2.05, 4.69) is 11.1 Å². The van der Waals surface area contributed by atoms with Crippen molar-refractivity contribution in [1.82, 2.24) is 4.98 Å². The fourth-order valence-electron chi connectivity index (χ4n) is 0.402. The zero-order chi connectivity index (χ0) is 5.82. The SMILES string of the molecule is O=Cc1[c-]ccnc1.[Y].[Y]. The predicted octanol–water partition coefficient (Wildman–Crippen LogP) is 0.689. The van der Waals surface area contributed by atoms with E-state index >= 15 is 0 Å². The molecule has 1 aromatic heterocycles. The molecule has 1 aromatic rings. The average Bonchev–Trinajstić information content (AvgIpc) is 1.90. The molecular weight excluding hydrogens is 280 g/mol. The second-order valence-electron chi connectivity index (χ2n) is 1.31. The van der Waals surface area contributed by atoms with Crippen LogP contribution >= 0.6 is 0 Å². The second-order valence-corrected chi connectivity index (χ2v) is 1.31. The topological polar surface area (TPSA) is 30.0 Å². The van der Waals surface area contributed by atoms with E-state index in [1.165, 1.54) is 6.20 Å². The van der Waals surface area contributed by atoms with Gasteiger partial charge in [0.1, 0.15) is 0 Å². The first-order chi connectivity index (χ1) is 3.93. The Morgan fingerprint density at radius 2 is 2.20 bits per heavy atom. The minimum atomic E-state index is 0. The summed E-state index contributed by atoms with van der Waals surface area (Å²) in [6.07, 6.45) is 3.76. The van der Waals surface area contributed by atoms with Gasteiger partial charge in [0.05, 0.1) is 6.29 Å². The van der Waals surface area contributed by atoms with Gasteiger partial charge in [-0.05, 0) is 0 Å². The van der Waals surface area contributed by atoms with Crippen LogP contribution in [0.2, 0.25) is 0 Å². The Hall–Kier alpha value is 1.03. The van der Waals surface area contributed by atoms with Gasteiger partial charge in [0.25, 0.3) is 0 Å². The van der Waals surface area contributed by atoms with Gasteiger partial charge < -0.3 is 9.78 Å². The van der Waals surface area contributed by atoms with E-state index in [-0.39, 0.29) is 65.4 Å². The number of carbonyl (C=O) groups excluding carboxylic acids is 1. The van der Waals surface area contributed by atoms with E-state index in [9.17, 15) is 4.79 Å². The molecule has 0 amide bonds. The molecule has 2 nitrogen and oxygen atoms in total. The molecule has 0 bridgehead atoms. The van der Waals surface area contributed by atoms with Crippen molar-refractivity contribution in [3.8, 4) is 0 Å². The Bertz CT molecular complexity index is 178. The zero-order valence-corrected chi connectivity index (χ0v) is 11.0. The van der Waals surface area contributed by atoms with Gasteiger partial charge in [0, 0.05) is 65.4 Å². The summed E-state index contributed by atoms with van der Waals surface area (Å²) in [6, 6.07) is 4.29. The quantitative estimate of drug-likeness (QED) is 0.561. The molecule has 0 atom stereocenters. The molecule has 2 radical (unpaired) electrons. The van der Waals surface area contributed by atoms with Gasteiger partial charge in [-0.3, -0.25) is 0 Å². The standard InChI is InChI=1S/C6H4NO.2Y/c8-5-6-2-1-3-7-4-6;;/h1,3-5H;;/q-1;;. The molecule has 0 fully saturated rings. The molecule has 4 heteroatoms. The number of hydrogen-bond donors (Lipinski definition) is 0. The maximum atomic E-state index is 9.94. The number of pyridine rings is 1. The van der Waals surface area contributed by atoms with Crippen molar-refractivity contribution in [2.24, 2.45) is 0 Å². The maximum Gasteiger partial charge on any atom is 0.0670 e. The smallest absolute Gasteiger partial charge is 0.0670 e. The van der Waals surface area contributed by atoms with Crippen LogP contribution in [0.4, 0.5) is 0 Å². The van der Waals surface area contributed by atoms with Gasteiger partial charge in [0.15, 0.2) is 0 Å². The number of nitrogens with zero attached hydrogens (tertiary/aromatic N) is 1. The Morgan fingerprint density at radius 3 is 2.50 bits per heavy atom. The molecule has 46 valence electrons. The van der Waals surface area contributed by atoms with Crippen molar-refractivity contribution in [1.29, 1.82) is 0 Å². The van der Waals surface area contributed by atoms with E-state index in [4.69, 9.17) is 0 Å². The summed E-state index contributed by atoms with van der Waals surface area (Å²) in [5, 5.41) is 0. The normalized spacial score (nSPS) is 6.80. The Morgan fingerprint density at radius 1 is 1.50 bits per heavy atom. The summed E-state index contributed by atoms with van der Waals surface area (Å²) in [7, 11) is 0. The third-order valence-corrected chi connectivity index (χ3v) is 0.751. The minimum absolute atomic E-state index is 0. The van der Waals surface area contributed by atoms with Crippen molar-refractivity contribution in [3.05, 3.63) is 30.1 Å². The van der Waals surface area contributed by atoms with E-state index in [0.717, 1.165) is 0 Å². The summed E-state index contributed by atoms with van der Waals surface area (Å²) in [6.45, 7) is 0. The first-order valence-corrected chi connectivity index (χ1v) is 2.20.